The largest absolute Gasteiger partial charge is 0.315 e. The van der Waals surface area contributed by atoms with Gasteiger partial charge in [-0.3, -0.25) is 14.8 Å². The van der Waals surface area contributed by atoms with Crippen LogP contribution >= 0.6 is 24.8 Å². The molecule has 1 atom stereocenters. The number of pyridine rings is 1. The number of halogens is 2. The first kappa shape index (κ1) is 19.4. The fourth-order valence-electron chi connectivity index (χ4n) is 3.81. The Morgan fingerprint density at radius 3 is 2.67 bits per heavy atom. The van der Waals surface area contributed by atoms with E-state index in [4.69, 9.17) is 0 Å². The topological polar surface area (TPSA) is 31.4 Å². The third-order valence-corrected chi connectivity index (χ3v) is 5.12. The molecule has 2 saturated heterocycles. The molecule has 1 unspecified atom stereocenters. The van der Waals surface area contributed by atoms with E-state index in [9.17, 15) is 0 Å². The molecular formula is C18H26Cl2N4. The van der Waals surface area contributed by atoms with Gasteiger partial charge in [0, 0.05) is 63.1 Å². The van der Waals surface area contributed by atoms with Gasteiger partial charge in [-0.25, -0.2) is 0 Å². The van der Waals surface area contributed by atoms with Gasteiger partial charge in [-0.2, -0.15) is 0 Å². The van der Waals surface area contributed by atoms with Gasteiger partial charge in [0.2, 0.25) is 0 Å². The van der Waals surface area contributed by atoms with Gasteiger partial charge in [-0.15, -0.1) is 24.8 Å². The number of piperazine rings is 1. The second kappa shape index (κ2) is 8.97. The molecule has 4 rings (SSSR count). The Morgan fingerprint density at radius 2 is 1.92 bits per heavy atom. The van der Waals surface area contributed by atoms with Crippen LogP contribution in [0.2, 0.25) is 0 Å². The summed E-state index contributed by atoms with van der Waals surface area (Å²) in [6.07, 6.45) is 5.18. The third kappa shape index (κ3) is 4.19. The van der Waals surface area contributed by atoms with Gasteiger partial charge < -0.3 is 5.32 Å². The van der Waals surface area contributed by atoms with Gasteiger partial charge in [0.25, 0.3) is 0 Å². The van der Waals surface area contributed by atoms with Gasteiger partial charge in [0.15, 0.2) is 0 Å². The second-order valence-corrected chi connectivity index (χ2v) is 6.47. The zero-order valence-corrected chi connectivity index (χ0v) is 15.5. The summed E-state index contributed by atoms with van der Waals surface area (Å²) in [5.41, 5.74) is 1.43. The second-order valence-electron chi connectivity index (χ2n) is 6.47. The van der Waals surface area contributed by atoms with E-state index >= 15 is 0 Å². The zero-order valence-electron chi connectivity index (χ0n) is 13.9. The van der Waals surface area contributed by atoms with Crippen molar-refractivity contribution in [1.29, 1.82) is 0 Å². The van der Waals surface area contributed by atoms with Crippen LogP contribution in [0.1, 0.15) is 12.0 Å². The predicted octanol–water partition coefficient (Wildman–Crippen LogP) is 2.56. The van der Waals surface area contributed by atoms with Crippen molar-refractivity contribution in [3.05, 3.63) is 42.2 Å². The maximum absolute atomic E-state index is 4.23. The van der Waals surface area contributed by atoms with Gasteiger partial charge >= 0.3 is 0 Å². The van der Waals surface area contributed by atoms with Crippen LogP contribution in [0.3, 0.4) is 0 Å². The smallest absolute Gasteiger partial charge is 0.0346 e. The number of hydrogen-bond acceptors (Lipinski definition) is 4. The van der Waals surface area contributed by atoms with Crippen LogP contribution in [0, 0.1) is 0 Å². The minimum atomic E-state index is 0. The summed E-state index contributed by atoms with van der Waals surface area (Å²) in [6.45, 7) is 8.19. The SMILES string of the molecule is Cl.Cl.c1cc(CN2CCN(C3CCNC3)CC2)c2ccncc2c1. The average molecular weight is 369 g/mol. The molecule has 0 saturated carbocycles. The van der Waals surface area contributed by atoms with Crippen molar-refractivity contribution >= 4 is 35.6 Å². The first-order valence-corrected chi connectivity index (χ1v) is 8.39. The van der Waals surface area contributed by atoms with Gasteiger partial charge in [-0.1, -0.05) is 18.2 Å². The molecule has 1 aromatic carbocycles. The molecule has 0 aliphatic carbocycles. The highest BCUT2D eigenvalue weighted by Crippen LogP contribution is 2.20. The normalized spacial score (nSPS) is 22.1. The summed E-state index contributed by atoms with van der Waals surface area (Å²) in [6, 6.07) is 9.47. The van der Waals surface area contributed by atoms with Crippen molar-refractivity contribution in [3.63, 3.8) is 0 Å². The molecule has 1 aromatic heterocycles. The Hall–Kier alpha value is -0.910. The van der Waals surface area contributed by atoms with Crippen molar-refractivity contribution in [3.8, 4) is 0 Å². The van der Waals surface area contributed by atoms with Crippen molar-refractivity contribution in [2.45, 2.75) is 19.0 Å². The number of hydrogen-bond donors (Lipinski definition) is 1. The molecule has 0 bridgehead atoms. The van der Waals surface area contributed by atoms with Crippen molar-refractivity contribution < 1.29 is 0 Å². The minimum absolute atomic E-state index is 0. The molecule has 2 aliphatic rings. The van der Waals surface area contributed by atoms with Crippen LogP contribution in [0.25, 0.3) is 10.8 Å². The van der Waals surface area contributed by atoms with Crippen molar-refractivity contribution in [2.75, 3.05) is 39.3 Å². The van der Waals surface area contributed by atoms with E-state index in [2.05, 4.69) is 44.4 Å². The lowest BCUT2D eigenvalue weighted by Gasteiger charge is -2.38. The maximum atomic E-state index is 4.23. The molecule has 132 valence electrons. The van der Waals surface area contributed by atoms with E-state index in [1.807, 2.05) is 12.4 Å². The van der Waals surface area contributed by atoms with Gasteiger partial charge in [0.05, 0.1) is 0 Å². The fraction of sp³-hybridized carbons (Fsp3) is 0.500. The van der Waals surface area contributed by atoms with Crippen LogP contribution in [0.4, 0.5) is 0 Å². The highest BCUT2D eigenvalue weighted by molar-refractivity contribution is 5.86. The minimum Gasteiger partial charge on any atom is -0.315 e. The Labute approximate surface area is 156 Å². The van der Waals surface area contributed by atoms with Crippen LogP contribution < -0.4 is 5.32 Å². The predicted molar refractivity (Wildman–Crippen MR) is 104 cm³/mol. The first-order chi connectivity index (χ1) is 10.9. The number of aromatic nitrogens is 1. The number of fused-ring (bicyclic) bond motifs is 1. The van der Waals surface area contributed by atoms with E-state index in [0.29, 0.717) is 0 Å². The van der Waals surface area contributed by atoms with Crippen molar-refractivity contribution in [2.24, 2.45) is 0 Å². The van der Waals surface area contributed by atoms with Gasteiger partial charge in [0.1, 0.15) is 0 Å². The molecule has 24 heavy (non-hydrogen) atoms. The molecular weight excluding hydrogens is 343 g/mol. The van der Waals surface area contributed by atoms with Crippen LogP contribution in [0.5, 0.6) is 0 Å². The first-order valence-electron chi connectivity index (χ1n) is 8.39. The molecule has 6 heteroatoms. The maximum Gasteiger partial charge on any atom is 0.0346 e. The van der Waals surface area contributed by atoms with Crippen molar-refractivity contribution in [1.82, 2.24) is 20.1 Å². The Bertz CT molecular complexity index is 632. The van der Waals surface area contributed by atoms with Crippen LogP contribution in [-0.4, -0.2) is 60.1 Å². The monoisotopic (exact) mass is 368 g/mol. The number of rotatable bonds is 3. The van der Waals surface area contributed by atoms with E-state index in [-0.39, 0.29) is 24.8 Å². The number of benzene rings is 1. The summed E-state index contributed by atoms with van der Waals surface area (Å²) >= 11 is 0. The summed E-state index contributed by atoms with van der Waals surface area (Å²) in [7, 11) is 0. The lowest BCUT2D eigenvalue weighted by molar-refractivity contribution is 0.0984. The third-order valence-electron chi connectivity index (χ3n) is 5.12. The molecule has 2 aromatic rings. The molecule has 0 amide bonds. The van der Waals surface area contributed by atoms with E-state index in [1.165, 1.54) is 62.0 Å². The average Bonchev–Trinajstić information content (AvgIpc) is 3.10. The Kier molecular flexibility index (Phi) is 7.26. The Balaban J connectivity index is 0.00000104. The summed E-state index contributed by atoms with van der Waals surface area (Å²) < 4.78 is 0. The van der Waals surface area contributed by atoms with E-state index < -0.39 is 0 Å². The molecule has 4 nitrogen and oxygen atoms in total. The van der Waals surface area contributed by atoms with E-state index in [1.54, 1.807) is 0 Å². The molecule has 0 spiro atoms. The number of nitrogens with one attached hydrogen (secondary N) is 1. The quantitative estimate of drug-likeness (QED) is 0.901. The zero-order chi connectivity index (χ0) is 14.8. The molecule has 0 radical (unpaired) electrons. The fourth-order valence-corrected chi connectivity index (χ4v) is 3.81. The van der Waals surface area contributed by atoms with Gasteiger partial charge in [-0.05, 0) is 30.0 Å². The standard InChI is InChI=1S/C18H24N4.2ClH/c1-2-15-12-19-7-5-18(15)16(3-1)14-21-8-10-22(11-9-21)17-4-6-20-13-17;;/h1-3,5,7,12,17,20H,4,6,8-11,13-14H2;2*1H. The summed E-state index contributed by atoms with van der Waals surface area (Å²) in [5, 5.41) is 6.07. The highest BCUT2D eigenvalue weighted by atomic mass is 35.5. The molecule has 2 aliphatic heterocycles. The lowest BCUT2D eigenvalue weighted by Crippen LogP contribution is -2.50. The summed E-state index contributed by atoms with van der Waals surface area (Å²) in [5.74, 6) is 0. The summed E-state index contributed by atoms with van der Waals surface area (Å²) in [4.78, 5) is 9.49. The molecule has 3 heterocycles. The van der Waals surface area contributed by atoms with Crippen LogP contribution in [0.15, 0.2) is 36.7 Å². The lowest BCUT2D eigenvalue weighted by atomic mass is 10.1. The molecule has 1 N–H and O–H groups in total. The molecule has 2 fully saturated rings. The number of nitrogens with zero attached hydrogens (tertiary/aromatic N) is 3. The highest BCUT2D eigenvalue weighted by Gasteiger charge is 2.25. The van der Waals surface area contributed by atoms with Crippen LogP contribution in [-0.2, 0) is 6.54 Å². The van der Waals surface area contributed by atoms with E-state index in [0.717, 1.165) is 12.6 Å². The Morgan fingerprint density at radius 1 is 1.08 bits per heavy atom.